The van der Waals surface area contributed by atoms with Gasteiger partial charge in [-0.25, -0.2) is 4.79 Å². The first-order valence-electron chi connectivity index (χ1n) is 10.8. The Morgan fingerprint density at radius 1 is 1.21 bits per heavy atom. The van der Waals surface area contributed by atoms with Crippen LogP contribution in [0.15, 0.2) is 52.3 Å². The minimum Gasteiger partial charge on any atom is -0.611 e. The highest BCUT2D eigenvalue weighted by atomic mass is 32.2. The van der Waals surface area contributed by atoms with E-state index in [1.807, 2.05) is 6.07 Å². The molecule has 1 unspecified atom stereocenters. The van der Waals surface area contributed by atoms with E-state index in [-0.39, 0.29) is 6.61 Å². The van der Waals surface area contributed by atoms with Gasteiger partial charge in [0, 0.05) is 50.6 Å². The Balaban J connectivity index is 1.17. The van der Waals surface area contributed by atoms with Gasteiger partial charge in [-0.2, -0.15) is 8.78 Å². The lowest BCUT2D eigenvalue weighted by Gasteiger charge is -2.33. The van der Waals surface area contributed by atoms with Gasteiger partial charge >= 0.3 is 6.09 Å². The molecule has 1 atom stereocenters. The van der Waals surface area contributed by atoms with Crippen LogP contribution in [-0.4, -0.2) is 79.6 Å². The third-order valence-electron chi connectivity index (χ3n) is 5.37. The molecule has 0 radical (unpaired) electrons. The second-order valence-corrected chi connectivity index (χ2v) is 10.9. The Labute approximate surface area is 203 Å². The van der Waals surface area contributed by atoms with Crippen molar-refractivity contribution < 1.29 is 22.9 Å². The summed E-state index contributed by atoms with van der Waals surface area (Å²) < 4.78 is 44.2. The molecule has 12 heteroatoms. The van der Waals surface area contributed by atoms with Gasteiger partial charge in [0.05, 0.1) is 5.52 Å². The summed E-state index contributed by atoms with van der Waals surface area (Å²) in [7, 11) is 0. The molecule has 0 bridgehead atoms. The van der Waals surface area contributed by atoms with Crippen LogP contribution in [0.3, 0.4) is 0 Å². The van der Waals surface area contributed by atoms with Crippen molar-refractivity contribution in [3.63, 3.8) is 0 Å². The lowest BCUT2D eigenvalue weighted by Crippen LogP contribution is -2.49. The van der Waals surface area contributed by atoms with Crippen molar-refractivity contribution in [1.82, 2.24) is 25.2 Å². The fraction of sp³-hybridized carbons (Fsp3) is 0.409. The number of ether oxygens (including phenoxy) is 1. The van der Waals surface area contributed by atoms with E-state index in [4.69, 9.17) is 4.74 Å². The number of aromatic amines is 1. The molecule has 1 aliphatic rings. The SMILES string of the molecule is CC(F)(F)Sc1ccc(COC(=O)N2CCN(CC[S+]([O-])c3ccc4nn[nH]c4c3)CC2)cc1. The summed E-state index contributed by atoms with van der Waals surface area (Å²) in [5.74, 6) is 0.496. The third kappa shape index (κ3) is 6.81. The molecular weight excluding hydrogens is 484 g/mol. The first kappa shape index (κ1) is 24.7. The molecule has 1 aromatic heterocycles. The molecule has 182 valence electrons. The summed E-state index contributed by atoms with van der Waals surface area (Å²) in [4.78, 5) is 17.4. The number of nitrogens with zero attached hydrogens (tertiary/aromatic N) is 4. The molecule has 1 amide bonds. The van der Waals surface area contributed by atoms with Gasteiger partial charge < -0.3 is 14.2 Å². The van der Waals surface area contributed by atoms with E-state index in [1.54, 1.807) is 41.3 Å². The predicted molar refractivity (Wildman–Crippen MR) is 126 cm³/mol. The Morgan fingerprint density at radius 2 is 1.94 bits per heavy atom. The number of fused-ring (bicyclic) bond motifs is 1. The van der Waals surface area contributed by atoms with Crippen LogP contribution in [0.1, 0.15) is 12.5 Å². The number of halogens is 2. The number of piperazine rings is 1. The van der Waals surface area contributed by atoms with Crippen LogP contribution in [0.4, 0.5) is 13.6 Å². The van der Waals surface area contributed by atoms with E-state index in [0.29, 0.717) is 55.1 Å². The molecule has 8 nitrogen and oxygen atoms in total. The summed E-state index contributed by atoms with van der Waals surface area (Å²) >= 11 is -0.658. The zero-order chi connectivity index (χ0) is 24.1. The second-order valence-electron chi connectivity index (χ2n) is 7.98. The van der Waals surface area contributed by atoms with Crippen LogP contribution in [-0.2, 0) is 22.5 Å². The van der Waals surface area contributed by atoms with Crippen molar-refractivity contribution in [2.45, 2.75) is 28.6 Å². The van der Waals surface area contributed by atoms with E-state index in [9.17, 15) is 18.1 Å². The summed E-state index contributed by atoms with van der Waals surface area (Å²) in [5.41, 5.74) is 2.23. The third-order valence-corrected chi connectivity index (χ3v) is 7.56. The van der Waals surface area contributed by atoms with Gasteiger partial charge in [0.2, 0.25) is 0 Å². The molecule has 4 rings (SSSR count). The van der Waals surface area contributed by atoms with Gasteiger partial charge in [-0.05, 0) is 41.0 Å². The fourth-order valence-electron chi connectivity index (χ4n) is 3.55. The second kappa shape index (κ2) is 10.9. The van der Waals surface area contributed by atoms with E-state index in [1.165, 1.54) is 0 Å². The van der Waals surface area contributed by atoms with Crippen molar-refractivity contribution in [3.8, 4) is 0 Å². The van der Waals surface area contributed by atoms with E-state index < -0.39 is 22.5 Å². The number of amides is 1. The van der Waals surface area contributed by atoms with E-state index >= 15 is 0 Å². The van der Waals surface area contributed by atoms with Gasteiger partial charge in [-0.3, -0.25) is 10.00 Å². The lowest BCUT2D eigenvalue weighted by molar-refractivity contribution is 0.0730. The minimum atomic E-state index is -2.84. The fourth-order valence-corrected chi connectivity index (χ4v) is 5.36. The number of rotatable bonds is 8. The average Bonchev–Trinajstić information content (AvgIpc) is 3.29. The molecule has 2 aromatic carbocycles. The number of nitrogens with one attached hydrogen (secondary N) is 1. The Hall–Kier alpha value is -2.41. The lowest BCUT2D eigenvalue weighted by atomic mass is 10.2. The standard InChI is InChI=1S/C22H25F2N5O3S2/c1-22(23,24)33-17-4-2-16(3-5-17)15-32-21(30)29-10-8-28(9-11-29)12-13-34(31)18-6-7-19-20(14-18)26-27-25-19/h2-7,14H,8-13,15H2,1H3,(H,25,26,27). The summed E-state index contributed by atoms with van der Waals surface area (Å²) in [6.45, 7) is 4.00. The Kier molecular flexibility index (Phi) is 7.91. The summed E-state index contributed by atoms with van der Waals surface area (Å²) in [5, 5.41) is 7.61. The zero-order valence-electron chi connectivity index (χ0n) is 18.6. The number of aromatic nitrogens is 3. The molecule has 1 saturated heterocycles. The first-order chi connectivity index (χ1) is 16.3. The topological polar surface area (TPSA) is 97.4 Å². The Morgan fingerprint density at radius 3 is 2.65 bits per heavy atom. The number of hydrogen-bond donors (Lipinski definition) is 1. The summed E-state index contributed by atoms with van der Waals surface area (Å²) in [6.07, 6.45) is -0.400. The number of H-pyrrole nitrogens is 1. The largest absolute Gasteiger partial charge is 0.611 e. The minimum absolute atomic E-state index is 0.0850. The molecule has 2 heterocycles. The summed E-state index contributed by atoms with van der Waals surface area (Å²) in [6, 6.07) is 12.0. The molecule has 0 spiro atoms. The maximum Gasteiger partial charge on any atom is 0.410 e. The van der Waals surface area contributed by atoms with Gasteiger partial charge in [-0.1, -0.05) is 29.1 Å². The van der Waals surface area contributed by atoms with Crippen molar-refractivity contribution in [2.24, 2.45) is 0 Å². The van der Waals surface area contributed by atoms with Crippen molar-refractivity contribution in [3.05, 3.63) is 48.0 Å². The molecule has 1 fully saturated rings. The highest BCUT2D eigenvalue weighted by Crippen LogP contribution is 2.35. The van der Waals surface area contributed by atoms with Crippen LogP contribution >= 0.6 is 11.8 Å². The number of hydrogen-bond acceptors (Lipinski definition) is 7. The number of benzene rings is 2. The number of carbonyl (C=O) groups is 1. The normalized spacial score (nSPS) is 16.1. The van der Waals surface area contributed by atoms with E-state index in [0.717, 1.165) is 28.4 Å². The van der Waals surface area contributed by atoms with Crippen LogP contribution in [0.5, 0.6) is 0 Å². The number of carbonyl (C=O) groups excluding carboxylic acids is 1. The number of thioether (sulfide) groups is 1. The highest BCUT2D eigenvalue weighted by molar-refractivity contribution is 8.00. The average molecular weight is 510 g/mol. The molecule has 1 aliphatic heterocycles. The van der Waals surface area contributed by atoms with Gasteiger partial charge in [-0.15, -0.1) is 5.10 Å². The maximum absolute atomic E-state index is 13.1. The van der Waals surface area contributed by atoms with Gasteiger partial charge in [0.25, 0.3) is 5.25 Å². The van der Waals surface area contributed by atoms with Crippen LogP contribution in [0, 0.1) is 0 Å². The monoisotopic (exact) mass is 509 g/mol. The number of alkyl halides is 2. The van der Waals surface area contributed by atoms with Crippen LogP contribution in [0.25, 0.3) is 11.0 Å². The van der Waals surface area contributed by atoms with Crippen LogP contribution < -0.4 is 0 Å². The highest BCUT2D eigenvalue weighted by Gasteiger charge is 2.24. The predicted octanol–water partition coefficient (Wildman–Crippen LogP) is 3.72. The molecule has 0 aliphatic carbocycles. The zero-order valence-corrected chi connectivity index (χ0v) is 20.2. The molecule has 1 N–H and O–H groups in total. The molecule has 34 heavy (non-hydrogen) atoms. The van der Waals surface area contributed by atoms with Gasteiger partial charge in [0.1, 0.15) is 17.9 Å². The van der Waals surface area contributed by atoms with Gasteiger partial charge in [0.15, 0.2) is 4.90 Å². The maximum atomic E-state index is 13.1. The van der Waals surface area contributed by atoms with Crippen LogP contribution in [0.2, 0.25) is 0 Å². The molecule has 3 aromatic rings. The smallest absolute Gasteiger partial charge is 0.410 e. The molecular formula is C22H25F2N5O3S2. The van der Waals surface area contributed by atoms with Crippen molar-refractivity contribution in [1.29, 1.82) is 0 Å². The first-order valence-corrected chi connectivity index (χ1v) is 12.9. The Bertz CT molecular complexity index is 1100. The quantitative estimate of drug-likeness (QED) is 0.365. The molecule has 0 saturated carbocycles. The van der Waals surface area contributed by atoms with E-state index in [2.05, 4.69) is 20.3 Å². The van der Waals surface area contributed by atoms with Crippen molar-refractivity contribution >= 4 is 40.1 Å². The van der Waals surface area contributed by atoms with Crippen molar-refractivity contribution in [2.75, 3.05) is 38.5 Å².